The molecular weight excluding hydrogens is 284 g/mol. The Morgan fingerprint density at radius 1 is 1.38 bits per heavy atom. The number of alkyl halides is 1. The number of piperidine rings is 1. The van der Waals surface area contributed by atoms with Crippen molar-refractivity contribution in [3.8, 4) is 0 Å². The zero-order valence-corrected chi connectivity index (χ0v) is 13.7. The van der Waals surface area contributed by atoms with Gasteiger partial charge in [0.1, 0.15) is 5.88 Å². The maximum atomic E-state index is 11.8. The zero-order chi connectivity index (χ0) is 15.2. The first-order valence-electron chi connectivity index (χ1n) is 7.75. The summed E-state index contributed by atoms with van der Waals surface area (Å²) >= 11 is 5.70. The van der Waals surface area contributed by atoms with Crippen LogP contribution in [0, 0.1) is 0 Å². The molecule has 1 saturated heterocycles. The quantitative estimate of drug-likeness (QED) is 0.780. The predicted octanol–water partition coefficient (Wildman–Crippen LogP) is 3.13. The van der Waals surface area contributed by atoms with Crippen LogP contribution < -0.4 is 0 Å². The van der Waals surface area contributed by atoms with Crippen molar-refractivity contribution in [2.45, 2.75) is 45.3 Å². The normalized spacial score (nSPS) is 19.3. The minimum Gasteiger partial charge on any atom is -0.340 e. The Morgan fingerprint density at radius 3 is 2.71 bits per heavy atom. The van der Waals surface area contributed by atoms with Crippen molar-refractivity contribution in [3.05, 3.63) is 35.9 Å². The fourth-order valence-electron chi connectivity index (χ4n) is 3.06. The molecule has 0 unspecified atom stereocenters. The van der Waals surface area contributed by atoms with Gasteiger partial charge in [-0.25, -0.2) is 0 Å². The summed E-state index contributed by atoms with van der Waals surface area (Å²) in [6, 6.07) is 11.4. The molecule has 0 aromatic heterocycles. The molecule has 1 aromatic rings. The number of carbonyl (C=O) groups excluding carboxylic acids is 1. The molecule has 1 aliphatic rings. The van der Waals surface area contributed by atoms with Gasteiger partial charge in [0.25, 0.3) is 0 Å². The summed E-state index contributed by atoms with van der Waals surface area (Å²) in [5.74, 6) is 0.150. The Labute approximate surface area is 132 Å². The molecule has 0 aliphatic carbocycles. The maximum Gasteiger partial charge on any atom is 0.237 e. The average Bonchev–Trinajstić information content (AvgIpc) is 2.52. The van der Waals surface area contributed by atoms with E-state index < -0.39 is 0 Å². The first-order valence-corrected chi connectivity index (χ1v) is 8.28. The Bertz CT molecular complexity index is 449. The van der Waals surface area contributed by atoms with E-state index in [0.717, 1.165) is 32.5 Å². The number of benzene rings is 1. The van der Waals surface area contributed by atoms with Crippen molar-refractivity contribution in [3.63, 3.8) is 0 Å². The molecule has 0 radical (unpaired) electrons. The second-order valence-electron chi connectivity index (χ2n) is 6.02. The van der Waals surface area contributed by atoms with E-state index in [-0.39, 0.29) is 11.8 Å². The molecule has 21 heavy (non-hydrogen) atoms. The average molecular weight is 309 g/mol. The molecule has 0 saturated carbocycles. The van der Waals surface area contributed by atoms with Crippen molar-refractivity contribution in [2.75, 3.05) is 19.0 Å². The Morgan fingerprint density at radius 2 is 2.10 bits per heavy atom. The van der Waals surface area contributed by atoms with Crippen molar-refractivity contribution >= 4 is 17.5 Å². The van der Waals surface area contributed by atoms with E-state index in [1.165, 1.54) is 5.56 Å². The van der Waals surface area contributed by atoms with E-state index in [0.29, 0.717) is 12.1 Å². The fourth-order valence-corrected chi connectivity index (χ4v) is 3.23. The summed E-state index contributed by atoms with van der Waals surface area (Å²) in [5.41, 5.74) is 1.33. The molecule has 1 atom stereocenters. The van der Waals surface area contributed by atoms with E-state index in [1.54, 1.807) is 0 Å². The van der Waals surface area contributed by atoms with Gasteiger partial charge in [-0.2, -0.15) is 0 Å². The molecule has 0 spiro atoms. The zero-order valence-electron chi connectivity index (χ0n) is 13.0. The van der Waals surface area contributed by atoms with E-state index in [1.807, 2.05) is 11.0 Å². The van der Waals surface area contributed by atoms with E-state index in [2.05, 4.69) is 43.0 Å². The third kappa shape index (κ3) is 4.45. The molecule has 1 heterocycles. The van der Waals surface area contributed by atoms with Crippen LogP contribution in [0.1, 0.15) is 32.3 Å². The molecule has 1 aliphatic heterocycles. The Kier molecular flexibility index (Phi) is 6.07. The molecule has 0 N–H and O–H groups in total. The number of hydrogen-bond donors (Lipinski definition) is 0. The number of rotatable bonds is 5. The summed E-state index contributed by atoms with van der Waals surface area (Å²) in [6.45, 7) is 7.04. The van der Waals surface area contributed by atoms with Crippen LogP contribution in [-0.2, 0) is 11.3 Å². The lowest BCUT2D eigenvalue weighted by molar-refractivity contribution is -0.130. The molecule has 0 bridgehead atoms. The molecule has 2 rings (SSSR count). The van der Waals surface area contributed by atoms with Gasteiger partial charge in [0.05, 0.1) is 0 Å². The first-order chi connectivity index (χ1) is 10.1. The largest absolute Gasteiger partial charge is 0.340 e. The number of amides is 1. The lowest BCUT2D eigenvalue weighted by Gasteiger charge is -2.41. The topological polar surface area (TPSA) is 23.6 Å². The van der Waals surface area contributed by atoms with Crippen LogP contribution in [0.3, 0.4) is 0 Å². The number of carbonyl (C=O) groups is 1. The summed E-state index contributed by atoms with van der Waals surface area (Å²) in [5, 5.41) is 0. The summed E-state index contributed by atoms with van der Waals surface area (Å²) in [4.78, 5) is 16.3. The van der Waals surface area contributed by atoms with Crippen LogP contribution in [0.25, 0.3) is 0 Å². The summed E-state index contributed by atoms with van der Waals surface area (Å²) in [7, 11) is 0. The summed E-state index contributed by atoms with van der Waals surface area (Å²) in [6.07, 6.45) is 2.21. The smallest absolute Gasteiger partial charge is 0.237 e. The van der Waals surface area contributed by atoms with Crippen LogP contribution in [0.5, 0.6) is 0 Å². The van der Waals surface area contributed by atoms with E-state index in [4.69, 9.17) is 11.6 Å². The fraction of sp³-hybridized carbons (Fsp3) is 0.588. The van der Waals surface area contributed by atoms with Crippen LogP contribution in [-0.4, -0.2) is 46.8 Å². The van der Waals surface area contributed by atoms with Gasteiger partial charge in [-0.3, -0.25) is 9.69 Å². The monoisotopic (exact) mass is 308 g/mol. The SMILES string of the molecule is CC(C)N(Cc1ccccc1)[C@H]1CCCN(C(=O)CCl)C1. The van der Waals surface area contributed by atoms with Crippen LogP contribution in [0.4, 0.5) is 0 Å². The van der Waals surface area contributed by atoms with Crippen molar-refractivity contribution in [2.24, 2.45) is 0 Å². The third-order valence-corrected chi connectivity index (χ3v) is 4.43. The van der Waals surface area contributed by atoms with E-state index in [9.17, 15) is 4.79 Å². The van der Waals surface area contributed by atoms with Gasteiger partial charge >= 0.3 is 0 Å². The number of hydrogen-bond acceptors (Lipinski definition) is 2. The second kappa shape index (κ2) is 7.81. The van der Waals surface area contributed by atoms with Crippen LogP contribution in [0.15, 0.2) is 30.3 Å². The molecule has 4 heteroatoms. The lowest BCUT2D eigenvalue weighted by Crippen LogP contribution is -2.51. The maximum absolute atomic E-state index is 11.8. The van der Waals surface area contributed by atoms with Gasteiger partial charge in [0.2, 0.25) is 5.91 Å². The molecule has 1 aromatic carbocycles. The molecular formula is C17H25ClN2O. The highest BCUT2D eigenvalue weighted by molar-refractivity contribution is 6.27. The van der Waals surface area contributed by atoms with Crippen molar-refractivity contribution in [1.82, 2.24) is 9.80 Å². The van der Waals surface area contributed by atoms with Crippen molar-refractivity contribution < 1.29 is 4.79 Å². The lowest BCUT2D eigenvalue weighted by atomic mass is 10.0. The predicted molar refractivity (Wildman–Crippen MR) is 87.4 cm³/mol. The summed E-state index contributed by atoms with van der Waals surface area (Å²) < 4.78 is 0. The van der Waals surface area contributed by atoms with Gasteiger partial charge in [0, 0.05) is 31.7 Å². The third-order valence-electron chi connectivity index (χ3n) is 4.20. The van der Waals surface area contributed by atoms with E-state index >= 15 is 0 Å². The number of likely N-dealkylation sites (tertiary alicyclic amines) is 1. The minimum absolute atomic E-state index is 0.0600. The van der Waals surface area contributed by atoms with Gasteiger partial charge in [-0.05, 0) is 32.3 Å². The standard InChI is InChI=1S/C17H25ClN2O/c1-14(2)20(12-15-7-4-3-5-8-15)16-9-6-10-19(13-16)17(21)11-18/h3-5,7-8,14,16H,6,9-13H2,1-2H3/t16-/m0/s1. The molecule has 3 nitrogen and oxygen atoms in total. The molecule has 116 valence electrons. The Balaban J connectivity index is 2.05. The minimum atomic E-state index is 0.0600. The highest BCUT2D eigenvalue weighted by Gasteiger charge is 2.28. The van der Waals surface area contributed by atoms with Gasteiger partial charge in [0.15, 0.2) is 0 Å². The van der Waals surface area contributed by atoms with Crippen LogP contribution >= 0.6 is 11.6 Å². The van der Waals surface area contributed by atoms with Gasteiger partial charge in [-0.1, -0.05) is 30.3 Å². The molecule has 1 amide bonds. The molecule has 1 fully saturated rings. The first kappa shape index (κ1) is 16.3. The van der Waals surface area contributed by atoms with Gasteiger partial charge in [-0.15, -0.1) is 11.6 Å². The van der Waals surface area contributed by atoms with Crippen molar-refractivity contribution in [1.29, 1.82) is 0 Å². The number of halogens is 1. The van der Waals surface area contributed by atoms with Crippen LogP contribution in [0.2, 0.25) is 0 Å². The highest BCUT2D eigenvalue weighted by atomic mass is 35.5. The Hall–Kier alpha value is -1.06. The second-order valence-corrected chi connectivity index (χ2v) is 6.29. The highest BCUT2D eigenvalue weighted by Crippen LogP contribution is 2.21. The number of nitrogens with zero attached hydrogens (tertiary/aromatic N) is 2. The van der Waals surface area contributed by atoms with Gasteiger partial charge < -0.3 is 4.90 Å².